The van der Waals surface area contributed by atoms with Gasteiger partial charge in [0.05, 0.1) is 11.2 Å². The van der Waals surface area contributed by atoms with Gasteiger partial charge in [-0.05, 0) is 14.0 Å². The zero-order chi connectivity index (χ0) is 11.4. The van der Waals surface area contributed by atoms with Crippen molar-refractivity contribution in [3.63, 3.8) is 0 Å². The van der Waals surface area contributed by atoms with Gasteiger partial charge in [0.2, 0.25) is 0 Å². The van der Waals surface area contributed by atoms with E-state index in [2.05, 4.69) is 4.98 Å². The van der Waals surface area contributed by atoms with E-state index in [0.29, 0.717) is 13.1 Å². The number of aryl methyl sites for hydroxylation is 1. The van der Waals surface area contributed by atoms with Crippen molar-refractivity contribution >= 4 is 28.9 Å². The van der Waals surface area contributed by atoms with Crippen molar-refractivity contribution in [2.24, 2.45) is 0 Å². The van der Waals surface area contributed by atoms with Gasteiger partial charge in [-0.2, -0.15) is 0 Å². The van der Waals surface area contributed by atoms with Crippen LogP contribution in [0.25, 0.3) is 0 Å². The minimum atomic E-state index is -0.982. The zero-order valence-corrected chi connectivity index (χ0v) is 10.2. The summed E-state index contributed by atoms with van der Waals surface area (Å²) >= 11 is 7.21. The molecule has 0 spiro atoms. The number of aromatic nitrogens is 1. The molecule has 1 atom stereocenters. The van der Waals surface area contributed by atoms with Crippen LogP contribution in [0.5, 0.6) is 0 Å². The molecule has 0 radical (unpaired) electrons. The molecule has 0 saturated carbocycles. The van der Waals surface area contributed by atoms with Crippen LogP contribution in [0.3, 0.4) is 0 Å². The third-order valence-corrected chi connectivity index (χ3v) is 3.24. The van der Waals surface area contributed by atoms with Crippen LogP contribution in [0.1, 0.15) is 10.6 Å². The molecule has 15 heavy (non-hydrogen) atoms. The second-order valence-corrected chi connectivity index (χ2v) is 4.83. The minimum Gasteiger partial charge on any atom is -0.480 e. The van der Waals surface area contributed by atoms with Crippen molar-refractivity contribution in [3.8, 4) is 0 Å². The summed E-state index contributed by atoms with van der Waals surface area (Å²) in [6.07, 6.45) is 0. The van der Waals surface area contributed by atoms with E-state index < -0.39 is 11.3 Å². The number of rotatable bonds is 5. The molecular formula is C9H13ClN2O2S. The summed E-state index contributed by atoms with van der Waals surface area (Å²) in [5.74, 6) is -0.982. The Hall–Kier alpha value is -0.650. The second kappa shape index (κ2) is 5.44. The Morgan fingerprint density at radius 3 is 2.93 bits per heavy atom. The fraction of sp³-hybridized carbons (Fsp3) is 0.556. The lowest BCUT2D eigenvalue weighted by Gasteiger charge is -2.17. The van der Waals surface area contributed by atoms with Crippen molar-refractivity contribution in [2.45, 2.75) is 18.8 Å². The van der Waals surface area contributed by atoms with Gasteiger partial charge in [0.1, 0.15) is 5.38 Å². The van der Waals surface area contributed by atoms with Gasteiger partial charge in [-0.1, -0.05) is 0 Å². The first-order valence-electron chi connectivity index (χ1n) is 4.45. The maximum absolute atomic E-state index is 10.5. The first-order chi connectivity index (χ1) is 7.00. The Morgan fingerprint density at radius 2 is 2.47 bits per heavy atom. The predicted molar refractivity (Wildman–Crippen MR) is 60.5 cm³/mol. The lowest BCUT2D eigenvalue weighted by Crippen LogP contribution is -2.30. The van der Waals surface area contributed by atoms with E-state index >= 15 is 0 Å². The number of hydrogen-bond acceptors (Lipinski definition) is 4. The van der Waals surface area contributed by atoms with Crippen LogP contribution < -0.4 is 0 Å². The predicted octanol–water partition coefficient (Wildman–Crippen LogP) is 1.58. The summed E-state index contributed by atoms with van der Waals surface area (Å²) in [4.78, 5) is 17.7. The van der Waals surface area contributed by atoms with Gasteiger partial charge in [0.15, 0.2) is 0 Å². The molecule has 1 unspecified atom stereocenters. The fourth-order valence-corrected chi connectivity index (χ4v) is 2.23. The molecule has 1 aromatic heterocycles. The smallest absolute Gasteiger partial charge is 0.322 e. The van der Waals surface area contributed by atoms with E-state index in [4.69, 9.17) is 16.7 Å². The van der Waals surface area contributed by atoms with E-state index in [9.17, 15) is 4.79 Å². The van der Waals surface area contributed by atoms with Crippen molar-refractivity contribution < 1.29 is 9.90 Å². The second-order valence-electron chi connectivity index (χ2n) is 3.36. The number of alkyl halides is 1. The number of hydrogen-bond donors (Lipinski definition) is 1. The molecular weight excluding hydrogens is 236 g/mol. The van der Waals surface area contributed by atoms with Crippen LogP contribution in [-0.4, -0.2) is 39.9 Å². The number of thiazole rings is 1. The SMILES string of the molecule is Cc1ncsc1CN(C)CC(Cl)C(=O)O. The van der Waals surface area contributed by atoms with Crippen LogP contribution in [0, 0.1) is 6.92 Å². The van der Waals surface area contributed by atoms with Gasteiger partial charge in [-0.3, -0.25) is 9.69 Å². The molecule has 4 nitrogen and oxygen atoms in total. The van der Waals surface area contributed by atoms with Gasteiger partial charge in [0, 0.05) is 18.0 Å². The number of nitrogens with zero attached hydrogens (tertiary/aromatic N) is 2. The molecule has 0 fully saturated rings. The van der Waals surface area contributed by atoms with E-state index in [-0.39, 0.29) is 0 Å². The molecule has 1 rings (SSSR count). The van der Waals surface area contributed by atoms with Gasteiger partial charge in [0.25, 0.3) is 0 Å². The summed E-state index contributed by atoms with van der Waals surface area (Å²) in [7, 11) is 1.84. The molecule has 1 N–H and O–H groups in total. The largest absolute Gasteiger partial charge is 0.480 e. The quantitative estimate of drug-likeness (QED) is 0.804. The Balaban J connectivity index is 2.46. The third kappa shape index (κ3) is 3.77. The highest BCUT2D eigenvalue weighted by atomic mass is 35.5. The molecule has 0 aliphatic rings. The fourth-order valence-electron chi connectivity index (χ4n) is 1.14. The summed E-state index contributed by atoms with van der Waals surface area (Å²) in [6, 6.07) is 0. The molecule has 0 saturated heterocycles. The highest BCUT2D eigenvalue weighted by Crippen LogP contribution is 2.14. The average Bonchev–Trinajstić information content (AvgIpc) is 2.51. The number of carboxylic acid groups (broad SMARTS) is 1. The van der Waals surface area contributed by atoms with Gasteiger partial charge >= 0.3 is 5.97 Å². The topological polar surface area (TPSA) is 53.4 Å². The van der Waals surface area contributed by atoms with E-state index in [0.717, 1.165) is 10.6 Å². The van der Waals surface area contributed by atoms with Gasteiger partial charge in [-0.15, -0.1) is 22.9 Å². The Bertz CT molecular complexity index is 343. The first kappa shape index (κ1) is 12.4. The third-order valence-electron chi connectivity index (χ3n) is 2.00. The van der Waals surface area contributed by atoms with Gasteiger partial charge < -0.3 is 5.11 Å². The average molecular weight is 249 g/mol. The highest BCUT2D eigenvalue weighted by molar-refractivity contribution is 7.09. The standard InChI is InChI=1S/C9H13ClN2O2S/c1-6-8(15-5-11-6)4-12(2)3-7(10)9(13)14/h5,7H,3-4H2,1-2H3,(H,13,14). The van der Waals surface area contributed by atoms with Crippen LogP contribution in [-0.2, 0) is 11.3 Å². The van der Waals surface area contributed by atoms with E-state index in [1.54, 1.807) is 16.8 Å². The summed E-state index contributed by atoms with van der Waals surface area (Å²) in [5.41, 5.74) is 2.78. The Kier molecular flexibility index (Phi) is 4.50. The lowest BCUT2D eigenvalue weighted by molar-refractivity contribution is -0.136. The Labute approximate surface area is 97.5 Å². The molecule has 0 aliphatic carbocycles. The molecule has 6 heteroatoms. The normalized spacial score (nSPS) is 13.1. The zero-order valence-electron chi connectivity index (χ0n) is 8.61. The molecule has 0 amide bonds. The number of halogens is 1. The molecule has 1 heterocycles. The van der Waals surface area contributed by atoms with Crippen molar-refractivity contribution in [1.29, 1.82) is 0 Å². The van der Waals surface area contributed by atoms with Crippen LogP contribution in [0.4, 0.5) is 0 Å². The summed E-state index contributed by atoms with van der Waals surface area (Å²) in [6.45, 7) is 2.95. The molecule has 0 aromatic carbocycles. The van der Waals surface area contributed by atoms with Crippen molar-refractivity contribution in [3.05, 3.63) is 16.1 Å². The summed E-state index contributed by atoms with van der Waals surface area (Å²) in [5, 5.41) is 7.79. The summed E-state index contributed by atoms with van der Waals surface area (Å²) < 4.78 is 0. The monoisotopic (exact) mass is 248 g/mol. The maximum atomic E-state index is 10.5. The minimum absolute atomic E-state index is 0.328. The number of carbonyl (C=O) groups is 1. The lowest BCUT2D eigenvalue weighted by atomic mass is 10.3. The first-order valence-corrected chi connectivity index (χ1v) is 5.76. The molecule has 0 aliphatic heterocycles. The highest BCUT2D eigenvalue weighted by Gasteiger charge is 2.16. The molecule has 1 aromatic rings. The van der Waals surface area contributed by atoms with E-state index in [1.807, 2.05) is 18.9 Å². The Morgan fingerprint density at radius 1 is 1.80 bits per heavy atom. The van der Waals surface area contributed by atoms with Crippen molar-refractivity contribution in [1.82, 2.24) is 9.88 Å². The van der Waals surface area contributed by atoms with E-state index in [1.165, 1.54) is 0 Å². The van der Waals surface area contributed by atoms with Crippen LogP contribution in [0.15, 0.2) is 5.51 Å². The molecule has 84 valence electrons. The van der Waals surface area contributed by atoms with Crippen molar-refractivity contribution in [2.75, 3.05) is 13.6 Å². The van der Waals surface area contributed by atoms with Gasteiger partial charge in [-0.25, -0.2) is 4.98 Å². The maximum Gasteiger partial charge on any atom is 0.322 e. The molecule has 0 bridgehead atoms. The number of carboxylic acids is 1. The van der Waals surface area contributed by atoms with Crippen LogP contribution >= 0.6 is 22.9 Å². The number of aliphatic carboxylic acids is 1. The van der Waals surface area contributed by atoms with Crippen LogP contribution in [0.2, 0.25) is 0 Å².